The molecule has 5 nitrogen and oxygen atoms in total. The Morgan fingerprint density at radius 2 is 1.71 bits per heavy atom. The van der Waals surface area contributed by atoms with Gasteiger partial charge in [-0.15, -0.1) is 0 Å². The molecule has 0 saturated heterocycles. The third-order valence-electron chi connectivity index (χ3n) is 4.58. The fourth-order valence-corrected chi connectivity index (χ4v) is 3.59. The highest BCUT2D eigenvalue weighted by atomic mass is 35.5. The van der Waals surface area contributed by atoms with Gasteiger partial charge in [0.15, 0.2) is 0 Å². The van der Waals surface area contributed by atoms with Gasteiger partial charge in [0.25, 0.3) is 5.91 Å². The Kier molecular flexibility index (Phi) is 7.71. The first-order valence-corrected chi connectivity index (χ1v) is 10.3. The number of halogens is 2. The van der Waals surface area contributed by atoms with E-state index in [0.717, 1.165) is 38.8 Å². The summed E-state index contributed by atoms with van der Waals surface area (Å²) in [6, 6.07) is 11.4. The molecule has 0 fully saturated rings. The highest BCUT2D eigenvalue weighted by molar-refractivity contribution is 6.33. The smallest absolute Gasteiger partial charge is 0.251 e. The molecule has 0 saturated carbocycles. The number of pyridine rings is 1. The zero-order chi connectivity index (χ0) is 19.8. The SMILES string of the molecule is O=C(NCCCCCCNCc1c[nH]c2ccccc12)c1cc(Cl)nc(Cl)c1. The van der Waals surface area contributed by atoms with E-state index >= 15 is 0 Å². The summed E-state index contributed by atoms with van der Waals surface area (Å²) < 4.78 is 0. The average molecular weight is 419 g/mol. The number of unbranched alkanes of at least 4 members (excludes halogenated alkanes) is 3. The van der Waals surface area contributed by atoms with Crippen molar-refractivity contribution in [3.63, 3.8) is 0 Å². The molecule has 0 bridgehead atoms. The lowest BCUT2D eigenvalue weighted by Crippen LogP contribution is -2.24. The first-order chi connectivity index (χ1) is 13.6. The van der Waals surface area contributed by atoms with E-state index < -0.39 is 0 Å². The lowest BCUT2D eigenvalue weighted by atomic mass is 10.1. The van der Waals surface area contributed by atoms with Gasteiger partial charge >= 0.3 is 0 Å². The highest BCUT2D eigenvalue weighted by Gasteiger charge is 2.08. The third-order valence-corrected chi connectivity index (χ3v) is 4.97. The third kappa shape index (κ3) is 5.96. The minimum absolute atomic E-state index is 0.174. The van der Waals surface area contributed by atoms with Crippen LogP contribution in [0.25, 0.3) is 10.9 Å². The Labute approximate surface area is 174 Å². The molecular weight excluding hydrogens is 395 g/mol. The summed E-state index contributed by atoms with van der Waals surface area (Å²) in [5, 5.41) is 8.11. The van der Waals surface area contributed by atoms with Crippen molar-refractivity contribution in [2.45, 2.75) is 32.2 Å². The topological polar surface area (TPSA) is 69.8 Å². The maximum Gasteiger partial charge on any atom is 0.251 e. The molecule has 0 spiro atoms. The van der Waals surface area contributed by atoms with Gasteiger partial charge < -0.3 is 15.6 Å². The normalized spacial score (nSPS) is 11.1. The summed E-state index contributed by atoms with van der Waals surface area (Å²) in [6.07, 6.45) is 6.34. The van der Waals surface area contributed by atoms with Crippen molar-refractivity contribution in [3.8, 4) is 0 Å². The number of nitrogens with zero attached hydrogens (tertiary/aromatic N) is 1. The van der Waals surface area contributed by atoms with Crippen LogP contribution in [0.3, 0.4) is 0 Å². The Morgan fingerprint density at radius 1 is 1.00 bits per heavy atom. The minimum Gasteiger partial charge on any atom is -0.361 e. The van der Waals surface area contributed by atoms with E-state index in [0.29, 0.717) is 12.1 Å². The van der Waals surface area contributed by atoms with Crippen LogP contribution in [-0.2, 0) is 6.54 Å². The van der Waals surface area contributed by atoms with Crippen LogP contribution < -0.4 is 10.6 Å². The van der Waals surface area contributed by atoms with Gasteiger partial charge in [-0.3, -0.25) is 4.79 Å². The molecule has 3 rings (SSSR count). The van der Waals surface area contributed by atoms with E-state index in [2.05, 4.69) is 45.0 Å². The lowest BCUT2D eigenvalue weighted by Gasteiger charge is -2.07. The molecule has 148 valence electrons. The first-order valence-electron chi connectivity index (χ1n) is 9.50. The number of nitrogens with one attached hydrogen (secondary N) is 3. The molecule has 28 heavy (non-hydrogen) atoms. The summed E-state index contributed by atoms with van der Waals surface area (Å²) >= 11 is 11.6. The van der Waals surface area contributed by atoms with E-state index in [9.17, 15) is 4.79 Å². The number of carbonyl (C=O) groups excluding carboxylic acids is 1. The monoisotopic (exact) mass is 418 g/mol. The van der Waals surface area contributed by atoms with Crippen LogP contribution in [0.5, 0.6) is 0 Å². The van der Waals surface area contributed by atoms with Gasteiger partial charge in [-0.2, -0.15) is 0 Å². The zero-order valence-electron chi connectivity index (χ0n) is 15.6. The van der Waals surface area contributed by atoms with Crippen molar-refractivity contribution in [2.75, 3.05) is 13.1 Å². The van der Waals surface area contributed by atoms with Crippen molar-refractivity contribution < 1.29 is 4.79 Å². The number of benzene rings is 1. The summed E-state index contributed by atoms with van der Waals surface area (Å²) in [6.45, 7) is 2.50. The zero-order valence-corrected chi connectivity index (χ0v) is 17.1. The highest BCUT2D eigenvalue weighted by Crippen LogP contribution is 2.17. The number of hydrogen-bond donors (Lipinski definition) is 3. The molecule has 3 aromatic rings. The fraction of sp³-hybridized carbons (Fsp3) is 0.333. The largest absolute Gasteiger partial charge is 0.361 e. The predicted molar refractivity (Wildman–Crippen MR) is 115 cm³/mol. The molecule has 0 atom stereocenters. The van der Waals surface area contributed by atoms with Crippen molar-refractivity contribution >= 4 is 40.0 Å². The molecular formula is C21H24Cl2N4O. The molecule has 0 aliphatic heterocycles. The van der Waals surface area contributed by atoms with Crippen molar-refractivity contribution in [2.24, 2.45) is 0 Å². The Morgan fingerprint density at radius 3 is 2.50 bits per heavy atom. The van der Waals surface area contributed by atoms with E-state index in [1.165, 1.54) is 28.6 Å². The van der Waals surface area contributed by atoms with Gasteiger partial charge in [-0.05, 0) is 43.1 Å². The van der Waals surface area contributed by atoms with Gasteiger partial charge in [-0.1, -0.05) is 54.2 Å². The quantitative estimate of drug-likeness (QED) is 0.322. The van der Waals surface area contributed by atoms with Crippen molar-refractivity contribution in [3.05, 3.63) is 64.0 Å². The number of carbonyl (C=O) groups is 1. The molecule has 2 aromatic heterocycles. The van der Waals surface area contributed by atoms with Crippen LogP contribution in [0, 0.1) is 0 Å². The van der Waals surface area contributed by atoms with Crippen molar-refractivity contribution in [1.29, 1.82) is 0 Å². The van der Waals surface area contributed by atoms with Gasteiger partial charge in [0.1, 0.15) is 10.3 Å². The van der Waals surface area contributed by atoms with Crippen LogP contribution in [0.1, 0.15) is 41.6 Å². The fourth-order valence-electron chi connectivity index (χ4n) is 3.13. The Hall–Kier alpha value is -2.08. The molecule has 2 heterocycles. The second-order valence-electron chi connectivity index (χ2n) is 6.71. The summed E-state index contributed by atoms with van der Waals surface area (Å²) in [7, 11) is 0. The number of aromatic nitrogens is 2. The maximum absolute atomic E-state index is 12.1. The van der Waals surface area contributed by atoms with E-state index in [-0.39, 0.29) is 16.2 Å². The molecule has 0 aliphatic rings. The number of para-hydroxylation sites is 1. The van der Waals surface area contributed by atoms with Crippen LogP contribution in [0.15, 0.2) is 42.6 Å². The van der Waals surface area contributed by atoms with Crippen LogP contribution in [0.4, 0.5) is 0 Å². The second-order valence-corrected chi connectivity index (χ2v) is 7.48. The van der Waals surface area contributed by atoms with Crippen LogP contribution >= 0.6 is 23.2 Å². The Balaban J connectivity index is 1.25. The maximum atomic E-state index is 12.1. The molecule has 0 radical (unpaired) electrons. The van der Waals surface area contributed by atoms with Gasteiger partial charge in [0, 0.05) is 35.8 Å². The molecule has 0 aliphatic carbocycles. The van der Waals surface area contributed by atoms with Gasteiger partial charge in [-0.25, -0.2) is 4.98 Å². The van der Waals surface area contributed by atoms with Gasteiger partial charge in [0.2, 0.25) is 0 Å². The number of fused-ring (bicyclic) bond motifs is 1. The number of aromatic amines is 1. The second kappa shape index (κ2) is 10.5. The predicted octanol–water partition coefficient (Wildman–Crippen LogP) is 4.95. The van der Waals surface area contributed by atoms with E-state index in [4.69, 9.17) is 23.2 Å². The molecule has 7 heteroatoms. The molecule has 1 amide bonds. The summed E-state index contributed by atoms with van der Waals surface area (Å²) in [4.78, 5) is 19.2. The van der Waals surface area contributed by atoms with Gasteiger partial charge in [0.05, 0.1) is 0 Å². The first kappa shape index (κ1) is 20.6. The lowest BCUT2D eigenvalue weighted by molar-refractivity contribution is 0.0953. The van der Waals surface area contributed by atoms with Crippen molar-refractivity contribution in [1.82, 2.24) is 20.6 Å². The number of amides is 1. The number of rotatable bonds is 10. The number of H-pyrrole nitrogens is 1. The van der Waals surface area contributed by atoms with E-state index in [1.54, 1.807) is 0 Å². The standard InChI is InChI=1S/C21H24Cl2N4O/c22-19-11-15(12-20(23)27-19)21(28)25-10-6-2-1-5-9-24-13-16-14-26-18-8-4-3-7-17(16)18/h3-4,7-8,11-12,14,24,26H,1-2,5-6,9-10,13H2,(H,25,28). The summed E-state index contributed by atoms with van der Waals surface area (Å²) in [5.74, 6) is -0.174. The average Bonchev–Trinajstić information content (AvgIpc) is 3.09. The number of hydrogen-bond acceptors (Lipinski definition) is 3. The Bertz CT molecular complexity index is 905. The van der Waals surface area contributed by atoms with E-state index in [1.807, 2.05) is 6.07 Å². The minimum atomic E-state index is -0.174. The molecule has 3 N–H and O–H groups in total. The molecule has 0 unspecified atom stereocenters. The molecule has 1 aromatic carbocycles. The van der Waals surface area contributed by atoms with Crippen LogP contribution in [0.2, 0.25) is 10.3 Å². The van der Waals surface area contributed by atoms with Crippen LogP contribution in [-0.4, -0.2) is 29.0 Å². The summed E-state index contributed by atoms with van der Waals surface area (Å²) in [5.41, 5.74) is 2.92.